The Labute approximate surface area is 186 Å². The number of hydrogen-bond acceptors (Lipinski definition) is 6. The average Bonchev–Trinajstić information content (AvgIpc) is 2.75. The third-order valence-corrected chi connectivity index (χ3v) is 7.74. The molecule has 0 bridgehead atoms. The minimum Gasteiger partial charge on any atom is -0.506 e. The van der Waals surface area contributed by atoms with Crippen molar-refractivity contribution in [2.75, 3.05) is 15.8 Å². The van der Waals surface area contributed by atoms with E-state index in [-0.39, 0.29) is 32.5 Å². The molecule has 0 atom stereocenters. The first-order valence-electron chi connectivity index (χ1n) is 9.58. The standard InChI is InChI=1S/C22H22N2O6S2/c1-3-31(27,28)18-10-11-21(25)20(14-18)23-22(26)16-7-5-9-19(13-16)32(29,30)24-17-8-4-6-15(2)12-17/h4-14,24-25H,3H2,1-2H3,(H,23,26). The molecule has 0 heterocycles. The van der Waals surface area contributed by atoms with Gasteiger partial charge in [-0.1, -0.05) is 25.1 Å². The minimum atomic E-state index is -3.96. The second kappa shape index (κ2) is 9.01. The SMILES string of the molecule is CCS(=O)(=O)c1ccc(O)c(NC(=O)c2cccc(S(=O)(=O)Nc3cccc(C)c3)c2)c1. The van der Waals surface area contributed by atoms with Crippen molar-refractivity contribution in [2.45, 2.75) is 23.6 Å². The van der Waals surface area contributed by atoms with Crippen molar-refractivity contribution in [2.24, 2.45) is 0 Å². The van der Waals surface area contributed by atoms with Crippen molar-refractivity contribution >= 4 is 37.1 Å². The molecule has 0 unspecified atom stereocenters. The summed E-state index contributed by atoms with van der Waals surface area (Å²) < 4.78 is 52.1. The van der Waals surface area contributed by atoms with Crippen LogP contribution in [0.5, 0.6) is 5.75 Å². The average molecular weight is 475 g/mol. The zero-order valence-electron chi connectivity index (χ0n) is 17.4. The highest BCUT2D eigenvalue weighted by Crippen LogP contribution is 2.28. The lowest BCUT2D eigenvalue weighted by atomic mass is 10.2. The van der Waals surface area contributed by atoms with Gasteiger partial charge >= 0.3 is 0 Å². The van der Waals surface area contributed by atoms with Gasteiger partial charge in [0.15, 0.2) is 9.84 Å². The molecule has 3 N–H and O–H groups in total. The van der Waals surface area contributed by atoms with Gasteiger partial charge in [-0.3, -0.25) is 9.52 Å². The van der Waals surface area contributed by atoms with Crippen molar-refractivity contribution in [1.82, 2.24) is 0 Å². The molecule has 0 spiro atoms. The van der Waals surface area contributed by atoms with Gasteiger partial charge in [-0.05, 0) is 61.0 Å². The Kier molecular flexibility index (Phi) is 6.56. The zero-order chi connectivity index (χ0) is 23.5. The lowest BCUT2D eigenvalue weighted by Crippen LogP contribution is -2.16. The molecule has 0 aromatic heterocycles. The molecule has 0 saturated heterocycles. The predicted octanol–water partition coefficient (Wildman–Crippen LogP) is 3.55. The molecule has 10 heteroatoms. The molecule has 0 aliphatic rings. The van der Waals surface area contributed by atoms with Crippen LogP contribution in [-0.4, -0.2) is 33.6 Å². The molecule has 168 valence electrons. The number of carbonyl (C=O) groups is 1. The second-order valence-electron chi connectivity index (χ2n) is 7.04. The van der Waals surface area contributed by atoms with E-state index < -0.39 is 25.8 Å². The number of nitrogens with one attached hydrogen (secondary N) is 2. The van der Waals surface area contributed by atoms with Crippen LogP contribution in [0.2, 0.25) is 0 Å². The van der Waals surface area contributed by atoms with Crippen LogP contribution in [0.1, 0.15) is 22.8 Å². The first-order valence-corrected chi connectivity index (χ1v) is 12.7. The third-order valence-electron chi connectivity index (χ3n) is 4.63. The Bertz CT molecular complexity index is 1380. The fourth-order valence-corrected chi connectivity index (χ4v) is 4.90. The summed E-state index contributed by atoms with van der Waals surface area (Å²) in [6.07, 6.45) is 0. The molecular weight excluding hydrogens is 452 g/mol. The molecule has 32 heavy (non-hydrogen) atoms. The largest absolute Gasteiger partial charge is 0.506 e. The first-order chi connectivity index (χ1) is 15.0. The lowest BCUT2D eigenvalue weighted by Gasteiger charge is -2.12. The predicted molar refractivity (Wildman–Crippen MR) is 122 cm³/mol. The maximum absolute atomic E-state index is 12.7. The number of amides is 1. The van der Waals surface area contributed by atoms with Gasteiger partial charge in [0.25, 0.3) is 15.9 Å². The van der Waals surface area contributed by atoms with Gasteiger partial charge in [0, 0.05) is 11.3 Å². The highest BCUT2D eigenvalue weighted by molar-refractivity contribution is 7.92. The molecule has 3 aromatic rings. The van der Waals surface area contributed by atoms with Crippen LogP contribution < -0.4 is 10.0 Å². The molecule has 1 amide bonds. The zero-order valence-corrected chi connectivity index (χ0v) is 19.0. The number of anilines is 2. The van der Waals surface area contributed by atoms with Crippen molar-refractivity contribution in [3.8, 4) is 5.75 Å². The normalized spacial score (nSPS) is 11.7. The summed E-state index contributed by atoms with van der Waals surface area (Å²) in [7, 11) is -7.50. The van der Waals surface area contributed by atoms with Crippen LogP contribution in [0.25, 0.3) is 0 Å². The number of aromatic hydroxyl groups is 1. The molecule has 3 rings (SSSR count). The van der Waals surface area contributed by atoms with E-state index in [9.17, 15) is 26.7 Å². The molecule has 0 fully saturated rings. The monoisotopic (exact) mass is 474 g/mol. The van der Waals surface area contributed by atoms with Crippen LogP contribution in [0.4, 0.5) is 11.4 Å². The van der Waals surface area contributed by atoms with Crippen LogP contribution >= 0.6 is 0 Å². The Morgan fingerprint density at radius 2 is 1.62 bits per heavy atom. The van der Waals surface area contributed by atoms with E-state index in [1.165, 1.54) is 43.3 Å². The number of carbonyl (C=O) groups excluding carboxylic acids is 1. The van der Waals surface area contributed by atoms with Crippen LogP contribution in [0.15, 0.2) is 76.5 Å². The minimum absolute atomic E-state index is 0.0141. The number of hydrogen-bond donors (Lipinski definition) is 3. The van der Waals surface area contributed by atoms with Crippen molar-refractivity contribution in [3.05, 3.63) is 77.9 Å². The van der Waals surface area contributed by atoms with E-state index in [1.54, 1.807) is 18.2 Å². The van der Waals surface area contributed by atoms with Crippen LogP contribution in [-0.2, 0) is 19.9 Å². The summed E-state index contributed by atoms with van der Waals surface area (Å²) in [5.74, 6) is -1.17. The van der Waals surface area contributed by atoms with E-state index >= 15 is 0 Å². The van der Waals surface area contributed by atoms with Crippen molar-refractivity contribution < 1.29 is 26.7 Å². The summed E-state index contributed by atoms with van der Waals surface area (Å²) >= 11 is 0. The number of phenolic OH excluding ortho intramolecular Hbond substituents is 1. The third kappa shape index (κ3) is 5.27. The Morgan fingerprint density at radius 3 is 2.31 bits per heavy atom. The summed E-state index contributed by atoms with van der Waals surface area (Å²) in [5.41, 5.74) is 1.18. The molecule has 8 nitrogen and oxygen atoms in total. The van der Waals surface area contributed by atoms with E-state index in [2.05, 4.69) is 10.0 Å². The molecule has 3 aromatic carbocycles. The van der Waals surface area contributed by atoms with E-state index in [4.69, 9.17) is 0 Å². The Balaban J connectivity index is 1.87. The highest BCUT2D eigenvalue weighted by Gasteiger charge is 2.19. The van der Waals surface area contributed by atoms with Gasteiger partial charge in [-0.15, -0.1) is 0 Å². The number of rotatable bonds is 7. The summed E-state index contributed by atoms with van der Waals surface area (Å²) in [6.45, 7) is 3.32. The number of aryl methyl sites for hydroxylation is 1. The van der Waals surface area contributed by atoms with Gasteiger partial charge < -0.3 is 10.4 Å². The maximum atomic E-state index is 12.7. The van der Waals surface area contributed by atoms with E-state index in [1.807, 2.05) is 13.0 Å². The van der Waals surface area contributed by atoms with Crippen LogP contribution in [0.3, 0.4) is 0 Å². The van der Waals surface area contributed by atoms with E-state index in [0.29, 0.717) is 5.69 Å². The Hall–Kier alpha value is -3.37. The summed E-state index contributed by atoms with van der Waals surface area (Å²) in [6, 6.07) is 15.8. The van der Waals surface area contributed by atoms with Crippen molar-refractivity contribution in [1.29, 1.82) is 0 Å². The van der Waals surface area contributed by atoms with E-state index in [0.717, 1.165) is 11.6 Å². The molecule has 0 aliphatic heterocycles. The summed E-state index contributed by atoms with van der Waals surface area (Å²) in [5, 5.41) is 12.5. The van der Waals surface area contributed by atoms with Gasteiger partial charge in [-0.2, -0.15) is 0 Å². The van der Waals surface area contributed by atoms with Crippen LogP contribution in [0, 0.1) is 6.92 Å². The first kappa shape index (κ1) is 23.3. The topological polar surface area (TPSA) is 130 Å². The maximum Gasteiger partial charge on any atom is 0.261 e. The Morgan fingerprint density at radius 1 is 0.906 bits per heavy atom. The molecule has 0 saturated carbocycles. The number of sulfone groups is 1. The summed E-state index contributed by atoms with van der Waals surface area (Å²) in [4.78, 5) is 12.5. The highest BCUT2D eigenvalue weighted by atomic mass is 32.2. The molecular formula is C22H22N2O6S2. The van der Waals surface area contributed by atoms with Gasteiger partial charge in [0.2, 0.25) is 0 Å². The van der Waals surface area contributed by atoms with Gasteiger partial charge in [0.05, 0.1) is 21.2 Å². The van der Waals surface area contributed by atoms with Crippen molar-refractivity contribution in [3.63, 3.8) is 0 Å². The number of sulfonamides is 1. The fraction of sp³-hybridized carbons (Fsp3) is 0.136. The fourth-order valence-electron chi connectivity index (χ4n) is 2.90. The van der Waals surface area contributed by atoms with Gasteiger partial charge in [0.1, 0.15) is 5.75 Å². The molecule has 0 radical (unpaired) electrons. The second-order valence-corrected chi connectivity index (χ2v) is 11.0. The lowest BCUT2D eigenvalue weighted by molar-refractivity contribution is 0.102. The smallest absolute Gasteiger partial charge is 0.261 e. The quantitative estimate of drug-likeness (QED) is 0.449. The number of phenols is 1. The number of benzene rings is 3. The van der Waals surface area contributed by atoms with Gasteiger partial charge in [-0.25, -0.2) is 16.8 Å². The molecule has 0 aliphatic carbocycles.